The van der Waals surface area contributed by atoms with Crippen LogP contribution in [0.1, 0.15) is 47.9 Å². The Hall–Kier alpha value is -3.33. The highest BCUT2D eigenvalue weighted by Gasteiger charge is 2.22. The standard InChI is InChI=1S/C29H29NO2/c31-20-21-15-17-30(18-16-21)25-11-9-23(10-12-25)29-27(22-5-2-1-3-6-22)8-4-7-24-19-26(32)13-14-28(24)29/h1-3,5-6,9-14,19-21,32H,4,7-8,15-18H2. The zero-order valence-corrected chi connectivity index (χ0v) is 18.3. The molecule has 1 N–H and O–H groups in total. The smallest absolute Gasteiger partial charge is 0.123 e. The second-order valence-corrected chi connectivity index (χ2v) is 8.92. The second-order valence-electron chi connectivity index (χ2n) is 8.92. The van der Waals surface area contributed by atoms with Gasteiger partial charge in [0.2, 0.25) is 0 Å². The third-order valence-corrected chi connectivity index (χ3v) is 6.91. The molecule has 0 unspecified atom stereocenters. The first-order chi connectivity index (χ1) is 15.7. The first-order valence-corrected chi connectivity index (χ1v) is 11.6. The maximum absolute atomic E-state index is 11.1. The van der Waals surface area contributed by atoms with Crippen molar-refractivity contribution in [3.05, 3.63) is 95.1 Å². The molecule has 1 heterocycles. The summed E-state index contributed by atoms with van der Waals surface area (Å²) in [6.07, 6.45) is 6.02. The number of carbonyl (C=O) groups is 1. The predicted octanol–water partition coefficient (Wildman–Crippen LogP) is 6.10. The number of nitrogens with zero attached hydrogens (tertiary/aromatic N) is 1. The molecule has 3 aromatic rings. The Kier molecular flexibility index (Phi) is 5.81. The van der Waals surface area contributed by atoms with E-state index in [1.807, 2.05) is 6.07 Å². The van der Waals surface area contributed by atoms with Gasteiger partial charge < -0.3 is 14.8 Å². The Bertz CT molecular complexity index is 1120. The summed E-state index contributed by atoms with van der Waals surface area (Å²) in [6, 6.07) is 25.4. The van der Waals surface area contributed by atoms with Gasteiger partial charge in [0, 0.05) is 24.7 Å². The molecule has 0 saturated carbocycles. The molecule has 0 radical (unpaired) electrons. The van der Waals surface area contributed by atoms with Crippen LogP contribution < -0.4 is 4.90 Å². The van der Waals surface area contributed by atoms with Gasteiger partial charge in [0.1, 0.15) is 12.0 Å². The van der Waals surface area contributed by atoms with Gasteiger partial charge >= 0.3 is 0 Å². The lowest BCUT2D eigenvalue weighted by Crippen LogP contribution is -2.34. The topological polar surface area (TPSA) is 40.5 Å². The minimum Gasteiger partial charge on any atom is -0.508 e. The molecule has 1 aliphatic heterocycles. The summed E-state index contributed by atoms with van der Waals surface area (Å²) in [5.74, 6) is 0.545. The van der Waals surface area contributed by atoms with E-state index < -0.39 is 0 Å². The van der Waals surface area contributed by atoms with Crippen LogP contribution >= 0.6 is 0 Å². The molecule has 0 bridgehead atoms. The number of hydrogen-bond donors (Lipinski definition) is 1. The highest BCUT2D eigenvalue weighted by molar-refractivity contribution is 6.00. The van der Waals surface area contributed by atoms with Gasteiger partial charge in [0.05, 0.1) is 0 Å². The largest absolute Gasteiger partial charge is 0.508 e. The lowest BCUT2D eigenvalue weighted by atomic mass is 9.87. The molecule has 2 aliphatic rings. The maximum Gasteiger partial charge on any atom is 0.123 e. The third kappa shape index (κ3) is 4.08. The lowest BCUT2D eigenvalue weighted by molar-refractivity contribution is -0.111. The minimum absolute atomic E-state index is 0.211. The van der Waals surface area contributed by atoms with E-state index >= 15 is 0 Å². The molecule has 0 spiro atoms. The van der Waals surface area contributed by atoms with Crippen LogP contribution in [-0.4, -0.2) is 24.5 Å². The van der Waals surface area contributed by atoms with Crippen LogP contribution in [0.2, 0.25) is 0 Å². The molecule has 1 aliphatic carbocycles. The fourth-order valence-corrected chi connectivity index (χ4v) is 5.16. The van der Waals surface area contributed by atoms with Gasteiger partial charge in [-0.3, -0.25) is 0 Å². The summed E-state index contributed by atoms with van der Waals surface area (Å²) < 4.78 is 0. The van der Waals surface area contributed by atoms with E-state index in [1.165, 1.54) is 39.1 Å². The normalized spacial score (nSPS) is 17.1. The highest BCUT2D eigenvalue weighted by Crippen LogP contribution is 2.41. The number of benzene rings is 3. The maximum atomic E-state index is 11.1. The van der Waals surface area contributed by atoms with Crippen molar-refractivity contribution in [1.82, 2.24) is 0 Å². The number of anilines is 1. The van der Waals surface area contributed by atoms with Gasteiger partial charge in [-0.15, -0.1) is 0 Å². The van der Waals surface area contributed by atoms with Gasteiger partial charge in [-0.1, -0.05) is 48.5 Å². The number of phenols is 1. The van der Waals surface area contributed by atoms with E-state index in [1.54, 1.807) is 6.07 Å². The summed E-state index contributed by atoms with van der Waals surface area (Å²) in [5, 5.41) is 10.1. The van der Waals surface area contributed by atoms with Gasteiger partial charge in [0.25, 0.3) is 0 Å². The molecule has 5 rings (SSSR count). The van der Waals surface area contributed by atoms with Crippen molar-refractivity contribution in [1.29, 1.82) is 0 Å². The number of aromatic hydroxyl groups is 1. The molecule has 3 nitrogen and oxygen atoms in total. The first kappa shape index (κ1) is 20.6. The Balaban J connectivity index is 1.57. The van der Waals surface area contributed by atoms with Crippen molar-refractivity contribution in [3.8, 4) is 5.75 Å². The monoisotopic (exact) mass is 423 g/mol. The van der Waals surface area contributed by atoms with Crippen LogP contribution in [0.25, 0.3) is 11.1 Å². The zero-order valence-electron chi connectivity index (χ0n) is 18.3. The van der Waals surface area contributed by atoms with Crippen molar-refractivity contribution in [2.24, 2.45) is 5.92 Å². The average Bonchev–Trinajstić information content (AvgIpc) is 3.04. The predicted molar refractivity (Wildman–Crippen MR) is 131 cm³/mol. The Morgan fingerprint density at radius 2 is 1.59 bits per heavy atom. The van der Waals surface area contributed by atoms with E-state index in [4.69, 9.17) is 0 Å². The lowest BCUT2D eigenvalue weighted by Gasteiger charge is -2.31. The number of phenolic OH excluding ortho intramolecular Hbond substituents is 1. The minimum atomic E-state index is 0.211. The third-order valence-electron chi connectivity index (χ3n) is 6.91. The quantitative estimate of drug-likeness (QED) is 0.515. The van der Waals surface area contributed by atoms with Gasteiger partial charge in [0.15, 0.2) is 0 Å². The van der Waals surface area contributed by atoms with Gasteiger partial charge in [-0.2, -0.15) is 0 Å². The van der Waals surface area contributed by atoms with Crippen molar-refractivity contribution < 1.29 is 9.90 Å². The molecule has 162 valence electrons. The zero-order chi connectivity index (χ0) is 21.9. The van der Waals surface area contributed by atoms with Crippen LogP contribution in [-0.2, 0) is 11.2 Å². The highest BCUT2D eigenvalue weighted by atomic mass is 16.3. The number of hydrogen-bond acceptors (Lipinski definition) is 3. The van der Waals surface area contributed by atoms with Crippen molar-refractivity contribution in [2.75, 3.05) is 18.0 Å². The molecule has 32 heavy (non-hydrogen) atoms. The van der Waals surface area contributed by atoms with E-state index in [0.717, 1.165) is 51.5 Å². The second kappa shape index (κ2) is 9.04. The average molecular weight is 424 g/mol. The summed E-state index contributed by atoms with van der Waals surface area (Å²) in [7, 11) is 0. The van der Waals surface area contributed by atoms with Crippen LogP contribution in [0.5, 0.6) is 5.75 Å². The van der Waals surface area contributed by atoms with Crippen molar-refractivity contribution in [3.63, 3.8) is 0 Å². The molecular weight excluding hydrogens is 394 g/mol. The van der Waals surface area contributed by atoms with E-state index in [9.17, 15) is 9.90 Å². The summed E-state index contributed by atoms with van der Waals surface area (Å²) >= 11 is 0. The van der Waals surface area contributed by atoms with Crippen LogP contribution in [0, 0.1) is 5.92 Å². The van der Waals surface area contributed by atoms with Crippen LogP contribution in [0.15, 0.2) is 72.8 Å². The van der Waals surface area contributed by atoms with Crippen molar-refractivity contribution >= 4 is 23.1 Å². The summed E-state index contributed by atoms with van der Waals surface area (Å²) in [4.78, 5) is 13.5. The SMILES string of the molecule is O=CC1CCN(c2ccc(C3=C(c4ccccc4)CCCc4cc(O)ccc43)cc2)CC1. The number of rotatable bonds is 4. The van der Waals surface area contributed by atoms with E-state index in [-0.39, 0.29) is 5.92 Å². The number of allylic oxidation sites excluding steroid dienone is 1. The van der Waals surface area contributed by atoms with E-state index in [0.29, 0.717) is 5.75 Å². The molecule has 0 atom stereocenters. The summed E-state index contributed by atoms with van der Waals surface area (Å²) in [6.45, 7) is 1.87. The summed E-state index contributed by atoms with van der Waals surface area (Å²) in [5.41, 5.74) is 8.78. The Morgan fingerprint density at radius 1 is 0.844 bits per heavy atom. The Morgan fingerprint density at radius 3 is 2.31 bits per heavy atom. The Labute approximate surface area is 190 Å². The number of fused-ring (bicyclic) bond motifs is 1. The van der Waals surface area contributed by atoms with Crippen molar-refractivity contribution in [2.45, 2.75) is 32.1 Å². The number of aryl methyl sites for hydroxylation is 1. The number of carbonyl (C=O) groups excluding carboxylic acids is 1. The van der Waals surface area contributed by atoms with Crippen LogP contribution in [0.3, 0.4) is 0 Å². The molecule has 3 aromatic carbocycles. The molecular formula is C29H29NO2. The number of aldehydes is 1. The first-order valence-electron chi connectivity index (χ1n) is 11.6. The van der Waals surface area contributed by atoms with Gasteiger partial charge in [-0.25, -0.2) is 0 Å². The fourth-order valence-electron chi connectivity index (χ4n) is 5.16. The molecule has 3 heteroatoms. The molecule has 1 fully saturated rings. The number of piperidine rings is 1. The fraction of sp³-hybridized carbons (Fsp3) is 0.276. The molecule has 0 aromatic heterocycles. The van der Waals surface area contributed by atoms with E-state index in [2.05, 4.69) is 65.6 Å². The van der Waals surface area contributed by atoms with Crippen LogP contribution in [0.4, 0.5) is 5.69 Å². The molecule has 0 amide bonds. The van der Waals surface area contributed by atoms with Gasteiger partial charge in [-0.05, 0) is 89.8 Å². The molecule has 1 saturated heterocycles.